The Balaban J connectivity index is 3.02. The average molecular weight is 211 g/mol. The van der Waals surface area contributed by atoms with Gasteiger partial charge in [-0.05, 0) is 0 Å². The van der Waals surface area contributed by atoms with Crippen LogP contribution in [0.4, 0.5) is 5.69 Å². The Labute approximate surface area is 87.4 Å². The maximum absolute atomic E-state index is 11.0. The van der Waals surface area contributed by atoms with E-state index in [2.05, 4.69) is 0 Å². The molecule has 0 aromatic heterocycles. The highest BCUT2D eigenvalue weighted by molar-refractivity contribution is 5.75. The van der Waals surface area contributed by atoms with Gasteiger partial charge in [0, 0.05) is 18.6 Å². The van der Waals surface area contributed by atoms with Crippen LogP contribution in [0, 0.1) is 0 Å². The van der Waals surface area contributed by atoms with Gasteiger partial charge in [-0.2, -0.15) is 0 Å². The van der Waals surface area contributed by atoms with Crippen molar-refractivity contribution in [3.05, 3.63) is 12.1 Å². The number of ether oxygens (including phenoxy) is 2. The second-order valence-corrected chi connectivity index (χ2v) is 2.89. The number of esters is 1. The molecular weight excluding hydrogens is 198 g/mol. The first kappa shape index (κ1) is 11.2. The van der Waals surface area contributed by atoms with Crippen LogP contribution in [0.2, 0.25) is 0 Å². The van der Waals surface area contributed by atoms with E-state index in [1.165, 1.54) is 19.2 Å². The van der Waals surface area contributed by atoms with E-state index in [1.807, 2.05) is 0 Å². The van der Waals surface area contributed by atoms with Crippen LogP contribution in [-0.4, -0.2) is 18.2 Å². The molecule has 3 N–H and O–H groups in total. The molecular formula is C10H13NO4. The lowest BCUT2D eigenvalue weighted by atomic mass is 10.2. The molecule has 0 aliphatic carbocycles. The normalized spacial score (nSPS) is 9.73. The molecule has 0 aliphatic heterocycles. The number of methoxy groups -OCH3 is 1. The van der Waals surface area contributed by atoms with Crippen molar-refractivity contribution >= 4 is 11.7 Å². The number of benzene rings is 1. The van der Waals surface area contributed by atoms with E-state index >= 15 is 0 Å². The van der Waals surface area contributed by atoms with E-state index in [1.54, 1.807) is 6.92 Å². The summed E-state index contributed by atoms with van der Waals surface area (Å²) in [5, 5.41) is 9.36. The van der Waals surface area contributed by atoms with Gasteiger partial charge in [-0.1, -0.05) is 6.92 Å². The molecule has 0 fully saturated rings. The predicted octanol–water partition coefficient (Wildman–Crippen LogP) is 1.30. The third kappa shape index (κ3) is 2.52. The summed E-state index contributed by atoms with van der Waals surface area (Å²) in [7, 11) is 1.40. The minimum absolute atomic E-state index is 0.0914. The highest BCUT2D eigenvalue weighted by Gasteiger charge is 2.11. The first-order valence-electron chi connectivity index (χ1n) is 4.45. The van der Waals surface area contributed by atoms with Crippen LogP contribution in [0.25, 0.3) is 0 Å². The Morgan fingerprint density at radius 3 is 2.67 bits per heavy atom. The fourth-order valence-electron chi connectivity index (χ4n) is 1.01. The van der Waals surface area contributed by atoms with Gasteiger partial charge < -0.3 is 20.3 Å². The summed E-state index contributed by atoms with van der Waals surface area (Å²) in [6.45, 7) is 1.68. The van der Waals surface area contributed by atoms with Gasteiger partial charge in [-0.3, -0.25) is 4.79 Å². The Hall–Kier alpha value is -1.91. The zero-order chi connectivity index (χ0) is 11.4. The fraction of sp³-hybridized carbons (Fsp3) is 0.300. The number of nitrogens with two attached hydrogens (primary N) is 1. The average Bonchev–Trinajstić information content (AvgIpc) is 2.21. The van der Waals surface area contributed by atoms with Crippen LogP contribution in [-0.2, 0) is 4.79 Å². The molecule has 82 valence electrons. The molecule has 0 saturated heterocycles. The number of carbonyl (C=O) groups is 1. The van der Waals surface area contributed by atoms with E-state index in [9.17, 15) is 9.90 Å². The standard InChI is InChI=1S/C10H13NO4/c1-3-10(13)15-8-5-9(14-2)7(12)4-6(8)11/h4-5,12H,3,11H2,1-2H3. The second kappa shape index (κ2) is 4.54. The third-order valence-electron chi connectivity index (χ3n) is 1.82. The van der Waals surface area contributed by atoms with Crippen LogP contribution in [0.15, 0.2) is 12.1 Å². The van der Waals surface area contributed by atoms with Crippen molar-refractivity contribution in [2.24, 2.45) is 0 Å². The number of aromatic hydroxyl groups is 1. The van der Waals surface area contributed by atoms with E-state index in [-0.39, 0.29) is 29.4 Å². The fourth-order valence-corrected chi connectivity index (χ4v) is 1.01. The molecule has 0 amide bonds. The minimum atomic E-state index is -0.394. The molecule has 0 saturated carbocycles. The number of phenolic OH excluding ortho intramolecular Hbond substituents is 1. The van der Waals surface area contributed by atoms with E-state index in [4.69, 9.17) is 15.2 Å². The smallest absolute Gasteiger partial charge is 0.310 e. The topological polar surface area (TPSA) is 81.8 Å². The van der Waals surface area contributed by atoms with Crippen LogP contribution < -0.4 is 15.2 Å². The summed E-state index contributed by atoms with van der Waals surface area (Å²) >= 11 is 0. The van der Waals surface area contributed by atoms with Gasteiger partial charge in [0.2, 0.25) is 0 Å². The third-order valence-corrected chi connectivity index (χ3v) is 1.82. The van der Waals surface area contributed by atoms with Crippen molar-refractivity contribution in [1.82, 2.24) is 0 Å². The summed E-state index contributed by atoms with van der Waals surface area (Å²) in [6.07, 6.45) is 0.253. The van der Waals surface area contributed by atoms with Crippen LogP contribution in [0.1, 0.15) is 13.3 Å². The number of phenols is 1. The molecule has 0 spiro atoms. The molecule has 5 heteroatoms. The molecule has 0 heterocycles. The van der Waals surface area contributed by atoms with Gasteiger partial charge in [0.15, 0.2) is 17.2 Å². The molecule has 1 rings (SSSR count). The lowest BCUT2D eigenvalue weighted by molar-refractivity contribution is -0.133. The molecule has 0 unspecified atom stereocenters. The summed E-state index contributed by atoms with van der Waals surface area (Å²) in [5.41, 5.74) is 5.75. The summed E-state index contributed by atoms with van der Waals surface area (Å²) in [4.78, 5) is 11.0. The van der Waals surface area contributed by atoms with Gasteiger partial charge in [-0.25, -0.2) is 0 Å². The number of nitrogen functional groups attached to an aromatic ring is 1. The van der Waals surface area contributed by atoms with Crippen molar-refractivity contribution in [2.75, 3.05) is 12.8 Å². The minimum Gasteiger partial charge on any atom is -0.504 e. The van der Waals surface area contributed by atoms with Crippen molar-refractivity contribution in [2.45, 2.75) is 13.3 Å². The lowest BCUT2D eigenvalue weighted by Crippen LogP contribution is -2.07. The molecule has 15 heavy (non-hydrogen) atoms. The van der Waals surface area contributed by atoms with Crippen LogP contribution in [0.5, 0.6) is 17.2 Å². The Kier molecular flexibility index (Phi) is 3.38. The summed E-state index contributed by atoms with van der Waals surface area (Å²) < 4.78 is 9.80. The number of anilines is 1. The van der Waals surface area contributed by atoms with Gasteiger partial charge in [0.1, 0.15) is 0 Å². The number of rotatable bonds is 3. The highest BCUT2D eigenvalue weighted by atomic mass is 16.5. The number of hydrogen-bond donors (Lipinski definition) is 2. The highest BCUT2D eigenvalue weighted by Crippen LogP contribution is 2.35. The first-order valence-corrected chi connectivity index (χ1v) is 4.45. The maximum atomic E-state index is 11.0. The molecule has 5 nitrogen and oxygen atoms in total. The lowest BCUT2D eigenvalue weighted by Gasteiger charge is -2.09. The first-order chi connectivity index (χ1) is 7.08. The van der Waals surface area contributed by atoms with E-state index < -0.39 is 5.97 Å². The number of carbonyl (C=O) groups excluding carboxylic acids is 1. The molecule has 0 radical (unpaired) electrons. The zero-order valence-corrected chi connectivity index (χ0v) is 8.61. The van der Waals surface area contributed by atoms with E-state index in [0.29, 0.717) is 0 Å². The summed E-state index contributed by atoms with van der Waals surface area (Å²) in [6, 6.07) is 2.65. The molecule has 0 aliphatic rings. The Morgan fingerprint density at radius 2 is 2.13 bits per heavy atom. The van der Waals surface area contributed by atoms with E-state index in [0.717, 1.165) is 0 Å². The van der Waals surface area contributed by atoms with Gasteiger partial charge >= 0.3 is 5.97 Å². The van der Waals surface area contributed by atoms with Crippen LogP contribution in [0.3, 0.4) is 0 Å². The SMILES string of the molecule is CCC(=O)Oc1cc(OC)c(O)cc1N. The Morgan fingerprint density at radius 1 is 1.47 bits per heavy atom. The maximum Gasteiger partial charge on any atom is 0.310 e. The quantitative estimate of drug-likeness (QED) is 0.447. The van der Waals surface area contributed by atoms with Crippen molar-refractivity contribution in [1.29, 1.82) is 0 Å². The number of hydrogen-bond acceptors (Lipinski definition) is 5. The van der Waals surface area contributed by atoms with Gasteiger partial charge in [-0.15, -0.1) is 0 Å². The monoisotopic (exact) mass is 211 g/mol. The van der Waals surface area contributed by atoms with Crippen molar-refractivity contribution in [3.63, 3.8) is 0 Å². The molecule has 1 aromatic carbocycles. The Bertz CT molecular complexity index is 376. The predicted molar refractivity (Wildman–Crippen MR) is 55.0 cm³/mol. The van der Waals surface area contributed by atoms with Crippen molar-refractivity contribution in [3.8, 4) is 17.2 Å². The van der Waals surface area contributed by atoms with Crippen LogP contribution >= 0.6 is 0 Å². The molecule has 0 bridgehead atoms. The molecule has 1 aromatic rings. The second-order valence-electron chi connectivity index (χ2n) is 2.89. The molecule has 0 atom stereocenters. The summed E-state index contributed by atoms with van der Waals surface area (Å²) in [5.74, 6) is -0.0830. The zero-order valence-electron chi connectivity index (χ0n) is 8.61. The largest absolute Gasteiger partial charge is 0.504 e. The van der Waals surface area contributed by atoms with Crippen molar-refractivity contribution < 1.29 is 19.4 Å². The van der Waals surface area contributed by atoms with Gasteiger partial charge in [0.25, 0.3) is 0 Å². The van der Waals surface area contributed by atoms with Gasteiger partial charge in [0.05, 0.1) is 12.8 Å².